The highest BCUT2D eigenvalue weighted by molar-refractivity contribution is 5.80. The molecule has 0 aromatic carbocycles. The van der Waals surface area contributed by atoms with Gasteiger partial charge in [0.1, 0.15) is 0 Å². The second-order valence-electron chi connectivity index (χ2n) is 4.01. The van der Waals surface area contributed by atoms with Gasteiger partial charge in [0.2, 0.25) is 5.96 Å². The van der Waals surface area contributed by atoms with Crippen molar-refractivity contribution in [3.63, 3.8) is 0 Å². The molecule has 0 aromatic heterocycles. The van der Waals surface area contributed by atoms with Crippen molar-refractivity contribution in [3.05, 3.63) is 0 Å². The quantitative estimate of drug-likeness (QED) is 0.268. The van der Waals surface area contributed by atoms with Crippen molar-refractivity contribution in [2.45, 2.75) is 44.7 Å². The Hall–Kier alpha value is -0.770. The van der Waals surface area contributed by atoms with Crippen LogP contribution in [0.25, 0.3) is 0 Å². The Balaban J connectivity index is 2.01. The van der Waals surface area contributed by atoms with Crippen LogP contribution in [-0.4, -0.2) is 29.5 Å². The maximum absolute atomic E-state index is 5.47. The SMILES string of the molecule is CC1CCCN1C(=NC1CC1)NN. The molecule has 2 aliphatic rings. The number of nitrogens with one attached hydrogen (secondary N) is 1. The highest BCUT2D eigenvalue weighted by Gasteiger charge is 2.26. The summed E-state index contributed by atoms with van der Waals surface area (Å²) in [5, 5.41) is 0. The van der Waals surface area contributed by atoms with E-state index in [1.165, 1.54) is 25.7 Å². The molecule has 1 atom stereocenters. The molecule has 0 bridgehead atoms. The molecule has 1 saturated carbocycles. The molecule has 2 fully saturated rings. The first-order chi connectivity index (χ1) is 6.31. The normalized spacial score (nSPS) is 29.5. The molecule has 0 amide bonds. The van der Waals surface area contributed by atoms with Crippen LogP contribution >= 0.6 is 0 Å². The lowest BCUT2D eigenvalue weighted by atomic mass is 10.2. The summed E-state index contributed by atoms with van der Waals surface area (Å²) < 4.78 is 0. The molecule has 13 heavy (non-hydrogen) atoms. The summed E-state index contributed by atoms with van der Waals surface area (Å²) in [4.78, 5) is 6.82. The van der Waals surface area contributed by atoms with Gasteiger partial charge in [0.05, 0.1) is 6.04 Å². The van der Waals surface area contributed by atoms with Crippen LogP contribution in [-0.2, 0) is 0 Å². The van der Waals surface area contributed by atoms with Crippen molar-refractivity contribution in [3.8, 4) is 0 Å². The summed E-state index contributed by atoms with van der Waals surface area (Å²) in [5.41, 5.74) is 2.72. The highest BCUT2D eigenvalue weighted by Crippen LogP contribution is 2.25. The van der Waals surface area contributed by atoms with Crippen LogP contribution < -0.4 is 11.3 Å². The summed E-state index contributed by atoms with van der Waals surface area (Å²) in [6, 6.07) is 1.13. The fourth-order valence-corrected chi connectivity index (χ4v) is 1.82. The van der Waals surface area contributed by atoms with E-state index in [9.17, 15) is 0 Å². The van der Waals surface area contributed by atoms with Gasteiger partial charge in [0.15, 0.2) is 0 Å². The molecule has 0 spiro atoms. The van der Waals surface area contributed by atoms with Crippen LogP contribution in [0.5, 0.6) is 0 Å². The second kappa shape index (κ2) is 3.54. The molecule has 3 N–H and O–H groups in total. The Bertz CT molecular complexity index is 210. The van der Waals surface area contributed by atoms with Gasteiger partial charge in [-0.25, -0.2) is 10.8 Å². The van der Waals surface area contributed by atoms with E-state index in [0.717, 1.165) is 12.5 Å². The van der Waals surface area contributed by atoms with Gasteiger partial charge < -0.3 is 4.90 Å². The first-order valence-corrected chi connectivity index (χ1v) is 5.12. The molecule has 1 aliphatic carbocycles. The fraction of sp³-hybridized carbons (Fsp3) is 0.889. The minimum atomic E-state index is 0.541. The first-order valence-electron chi connectivity index (χ1n) is 5.12. The third kappa shape index (κ3) is 1.94. The van der Waals surface area contributed by atoms with E-state index in [-0.39, 0.29) is 0 Å². The molecule has 1 aliphatic heterocycles. The Morgan fingerprint density at radius 1 is 1.46 bits per heavy atom. The van der Waals surface area contributed by atoms with Crippen LogP contribution in [0.15, 0.2) is 4.99 Å². The van der Waals surface area contributed by atoms with Crippen LogP contribution in [0.4, 0.5) is 0 Å². The van der Waals surface area contributed by atoms with E-state index in [4.69, 9.17) is 5.84 Å². The highest BCUT2D eigenvalue weighted by atomic mass is 15.4. The summed E-state index contributed by atoms with van der Waals surface area (Å²) in [5.74, 6) is 6.36. The zero-order chi connectivity index (χ0) is 9.26. The first kappa shape index (κ1) is 8.81. The molecule has 0 aromatic rings. The van der Waals surface area contributed by atoms with Crippen molar-refractivity contribution in [1.29, 1.82) is 0 Å². The predicted molar refractivity (Wildman–Crippen MR) is 53.2 cm³/mol. The van der Waals surface area contributed by atoms with Crippen LogP contribution in [0.3, 0.4) is 0 Å². The van der Waals surface area contributed by atoms with E-state index >= 15 is 0 Å². The molecule has 1 heterocycles. The molecule has 74 valence electrons. The Kier molecular flexibility index (Phi) is 2.40. The summed E-state index contributed by atoms with van der Waals surface area (Å²) in [7, 11) is 0. The lowest BCUT2D eigenvalue weighted by Gasteiger charge is -2.24. The van der Waals surface area contributed by atoms with Crippen molar-refractivity contribution >= 4 is 5.96 Å². The lowest BCUT2D eigenvalue weighted by molar-refractivity contribution is 0.398. The number of likely N-dealkylation sites (tertiary alicyclic amines) is 1. The monoisotopic (exact) mass is 182 g/mol. The summed E-state index contributed by atoms with van der Waals surface area (Å²) in [6.07, 6.45) is 4.97. The van der Waals surface area contributed by atoms with E-state index in [0.29, 0.717) is 12.1 Å². The Labute approximate surface area is 79.2 Å². The topological polar surface area (TPSA) is 53.6 Å². The minimum Gasteiger partial charge on any atom is -0.339 e. The van der Waals surface area contributed by atoms with Crippen LogP contribution in [0.1, 0.15) is 32.6 Å². The van der Waals surface area contributed by atoms with Gasteiger partial charge in [-0.05, 0) is 32.6 Å². The zero-order valence-corrected chi connectivity index (χ0v) is 8.16. The Morgan fingerprint density at radius 3 is 2.69 bits per heavy atom. The van der Waals surface area contributed by atoms with Gasteiger partial charge in [0.25, 0.3) is 0 Å². The minimum absolute atomic E-state index is 0.541. The molecular weight excluding hydrogens is 164 g/mol. The van der Waals surface area contributed by atoms with Crippen LogP contribution in [0.2, 0.25) is 0 Å². The van der Waals surface area contributed by atoms with Crippen molar-refractivity contribution in [2.24, 2.45) is 10.8 Å². The predicted octanol–water partition coefficient (Wildman–Crippen LogP) is 0.452. The number of aliphatic imine (C=N–C) groups is 1. The summed E-state index contributed by atoms with van der Waals surface area (Å²) >= 11 is 0. The molecule has 4 nitrogen and oxygen atoms in total. The van der Waals surface area contributed by atoms with E-state index < -0.39 is 0 Å². The van der Waals surface area contributed by atoms with Crippen molar-refractivity contribution in [1.82, 2.24) is 10.3 Å². The van der Waals surface area contributed by atoms with Gasteiger partial charge in [-0.1, -0.05) is 0 Å². The molecular formula is C9H18N4. The zero-order valence-electron chi connectivity index (χ0n) is 8.16. The van der Waals surface area contributed by atoms with Gasteiger partial charge in [-0.15, -0.1) is 0 Å². The number of nitrogens with two attached hydrogens (primary N) is 1. The standard InChI is InChI=1S/C9H18N4/c1-7-3-2-6-13(7)9(12-10)11-8-4-5-8/h7-8H,2-6,10H2,1H3,(H,11,12). The number of hydrogen-bond acceptors (Lipinski definition) is 2. The van der Waals surface area contributed by atoms with Gasteiger partial charge in [-0.3, -0.25) is 5.43 Å². The van der Waals surface area contributed by atoms with Crippen molar-refractivity contribution < 1.29 is 0 Å². The van der Waals surface area contributed by atoms with Gasteiger partial charge in [-0.2, -0.15) is 0 Å². The maximum atomic E-state index is 5.47. The van der Waals surface area contributed by atoms with Gasteiger partial charge in [0, 0.05) is 12.6 Å². The molecule has 1 unspecified atom stereocenters. The average molecular weight is 182 g/mol. The largest absolute Gasteiger partial charge is 0.339 e. The average Bonchev–Trinajstić information content (AvgIpc) is 2.85. The van der Waals surface area contributed by atoms with Gasteiger partial charge >= 0.3 is 0 Å². The van der Waals surface area contributed by atoms with E-state index in [1.54, 1.807) is 0 Å². The maximum Gasteiger partial charge on any atom is 0.208 e. The molecule has 2 rings (SSSR count). The molecule has 1 saturated heterocycles. The fourth-order valence-electron chi connectivity index (χ4n) is 1.82. The third-order valence-electron chi connectivity index (χ3n) is 2.81. The number of hydrazine groups is 1. The molecule has 4 heteroatoms. The number of nitrogens with zero attached hydrogens (tertiary/aromatic N) is 2. The third-order valence-corrected chi connectivity index (χ3v) is 2.81. The number of hydrogen-bond donors (Lipinski definition) is 2. The van der Waals surface area contributed by atoms with E-state index in [1.807, 2.05) is 0 Å². The molecule has 0 radical (unpaired) electrons. The van der Waals surface area contributed by atoms with Crippen LogP contribution in [0, 0.1) is 0 Å². The second-order valence-corrected chi connectivity index (χ2v) is 4.01. The van der Waals surface area contributed by atoms with Crippen molar-refractivity contribution in [2.75, 3.05) is 6.54 Å². The lowest BCUT2D eigenvalue weighted by Crippen LogP contribution is -2.46. The Morgan fingerprint density at radius 2 is 2.23 bits per heavy atom. The smallest absolute Gasteiger partial charge is 0.208 e. The number of rotatable bonds is 1. The number of guanidine groups is 1. The van der Waals surface area contributed by atoms with E-state index in [2.05, 4.69) is 22.2 Å². The summed E-state index contributed by atoms with van der Waals surface area (Å²) in [6.45, 7) is 3.32.